The van der Waals surface area contributed by atoms with Crippen LogP contribution < -0.4 is 16.0 Å². The number of benzene rings is 1. The number of hydrogen-bond acceptors (Lipinski definition) is 4. The summed E-state index contributed by atoms with van der Waals surface area (Å²) in [6.07, 6.45) is 0.197. The molecule has 0 bridgehead atoms. The van der Waals surface area contributed by atoms with Gasteiger partial charge in [0.05, 0.1) is 12.0 Å². The molecule has 0 radical (unpaired) electrons. The minimum absolute atomic E-state index is 0.00768. The van der Waals surface area contributed by atoms with Crippen molar-refractivity contribution < 1.29 is 14.3 Å². The molecule has 128 valence electrons. The Balaban J connectivity index is 2.05. The van der Waals surface area contributed by atoms with Gasteiger partial charge in [-0.25, -0.2) is 0 Å². The van der Waals surface area contributed by atoms with E-state index >= 15 is 0 Å². The molecule has 0 aliphatic rings. The van der Waals surface area contributed by atoms with Gasteiger partial charge in [0.15, 0.2) is 10.9 Å². The zero-order valence-corrected chi connectivity index (χ0v) is 15.0. The summed E-state index contributed by atoms with van der Waals surface area (Å²) in [6, 6.07) is 9.46. The van der Waals surface area contributed by atoms with Crippen molar-refractivity contribution >= 4 is 63.7 Å². The number of rotatable bonds is 4. The second-order valence-corrected chi connectivity index (χ2v) is 7.32. The monoisotopic (exact) mass is 407 g/mol. The van der Waals surface area contributed by atoms with Gasteiger partial charge in [0, 0.05) is 0 Å². The molecular formula is C14H12Cl3N3O3S. The number of halogens is 3. The lowest BCUT2D eigenvalue weighted by Crippen LogP contribution is -2.56. The van der Waals surface area contributed by atoms with Crippen LogP contribution in [0.15, 0.2) is 47.1 Å². The van der Waals surface area contributed by atoms with E-state index in [1.807, 2.05) is 0 Å². The maximum Gasteiger partial charge on any atom is 0.288 e. The number of furan rings is 1. The maximum atomic E-state index is 12.0. The first-order valence-corrected chi connectivity index (χ1v) is 8.08. The van der Waals surface area contributed by atoms with E-state index in [1.165, 1.54) is 18.4 Å². The Hall–Kier alpha value is -1.67. The molecule has 4 N–H and O–H groups in total. The van der Waals surface area contributed by atoms with E-state index in [2.05, 4.69) is 16.0 Å². The number of anilines is 1. The average Bonchev–Trinajstić information content (AvgIpc) is 3.02. The number of amides is 1. The molecule has 10 heteroatoms. The Labute approximate surface area is 158 Å². The van der Waals surface area contributed by atoms with Gasteiger partial charge < -0.3 is 25.5 Å². The van der Waals surface area contributed by atoms with E-state index in [0.717, 1.165) is 0 Å². The highest BCUT2D eigenvalue weighted by molar-refractivity contribution is 7.80. The lowest BCUT2D eigenvalue weighted by molar-refractivity contribution is 0.0906. The van der Waals surface area contributed by atoms with E-state index in [9.17, 15) is 9.90 Å². The molecule has 0 aliphatic heterocycles. The number of alkyl halides is 3. The number of thiocarbonyl (C=S) groups is 1. The van der Waals surface area contributed by atoms with Crippen molar-refractivity contribution in [2.75, 3.05) is 5.32 Å². The van der Waals surface area contributed by atoms with Gasteiger partial charge >= 0.3 is 0 Å². The van der Waals surface area contributed by atoms with E-state index in [1.54, 1.807) is 24.3 Å². The Morgan fingerprint density at radius 3 is 2.46 bits per heavy atom. The molecule has 0 saturated carbocycles. The molecule has 0 aliphatic carbocycles. The van der Waals surface area contributed by atoms with Gasteiger partial charge in [-0.2, -0.15) is 0 Å². The molecule has 1 atom stereocenters. The number of hydrogen-bond donors (Lipinski definition) is 4. The van der Waals surface area contributed by atoms with Crippen molar-refractivity contribution in [3.8, 4) is 5.75 Å². The van der Waals surface area contributed by atoms with Crippen molar-refractivity contribution in [1.82, 2.24) is 10.6 Å². The summed E-state index contributed by atoms with van der Waals surface area (Å²) in [6.45, 7) is 0. The first kappa shape index (κ1) is 18.7. The van der Waals surface area contributed by atoms with Crippen LogP contribution in [0.25, 0.3) is 0 Å². The Morgan fingerprint density at radius 1 is 1.17 bits per heavy atom. The number of carbonyl (C=O) groups is 1. The largest absolute Gasteiger partial charge is 0.506 e. The number of phenols is 1. The molecule has 1 aromatic heterocycles. The molecule has 1 amide bonds. The summed E-state index contributed by atoms with van der Waals surface area (Å²) in [7, 11) is 0. The zero-order valence-electron chi connectivity index (χ0n) is 11.9. The Morgan fingerprint density at radius 2 is 1.88 bits per heavy atom. The fraction of sp³-hybridized carbons (Fsp3) is 0.143. The standard InChI is InChI=1S/C14H12Cl3N3O3S/c15-14(16,17)12(19-11(22)10-6-3-7-23-10)20-13(24)18-8-4-1-2-5-9(8)21/h1-7,12,21H,(H,19,22)(H2,18,20,24)/t12-/m0/s1. The molecule has 2 aromatic rings. The van der Waals surface area contributed by atoms with Gasteiger partial charge in [-0.3, -0.25) is 4.79 Å². The summed E-state index contributed by atoms with van der Waals surface area (Å²) < 4.78 is 3.08. The highest BCUT2D eigenvalue weighted by Crippen LogP contribution is 2.29. The van der Waals surface area contributed by atoms with E-state index in [4.69, 9.17) is 51.4 Å². The predicted octanol–water partition coefficient (Wildman–Crippen LogP) is 3.40. The van der Waals surface area contributed by atoms with Crippen LogP contribution in [0.5, 0.6) is 5.75 Å². The van der Waals surface area contributed by atoms with Crippen LogP contribution in [0.2, 0.25) is 0 Å². The normalized spacial score (nSPS) is 12.3. The number of carbonyl (C=O) groups excluding carboxylic acids is 1. The van der Waals surface area contributed by atoms with E-state index < -0.39 is 15.9 Å². The minimum Gasteiger partial charge on any atom is -0.506 e. The molecule has 0 saturated heterocycles. The molecule has 0 fully saturated rings. The molecule has 2 rings (SSSR count). The van der Waals surface area contributed by atoms with Crippen LogP contribution >= 0.6 is 47.0 Å². The minimum atomic E-state index is -1.90. The molecule has 0 unspecified atom stereocenters. The lowest BCUT2D eigenvalue weighted by atomic mass is 10.3. The summed E-state index contributed by atoms with van der Waals surface area (Å²) in [4.78, 5) is 12.0. The van der Waals surface area contributed by atoms with Crippen LogP contribution in [0.4, 0.5) is 5.69 Å². The number of aromatic hydroxyl groups is 1. The molecule has 6 nitrogen and oxygen atoms in total. The molecule has 24 heavy (non-hydrogen) atoms. The third-order valence-electron chi connectivity index (χ3n) is 2.78. The van der Waals surface area contributed by atoms with Crippen molar-refractivity contribution in [3.05, 3.63) is 48.4 Å². The molecule has 1 heterocycles. The molecule has 1 aromatic carbocycles. The van der Waals surface area contributed by atoms with Gasteiger partial charge in [0.25, 0.3) is 5.91 Å². The van der Waals surface area contributed by atoms with Crippen LogP contribution in [0.1, 0.15) is 10.6 Å². The van der Waals surface area contributed by atoms with Gasteiger partial charge in [-0.05, 0) is 36.5 Å². The summed E-state index contributed by atoms with van der Waals surface area (Å²) in [5, 5.41) is 17.6. The molecule has 0 spiro atoms. The van der Waals surface area contributed by atoms with Crippen LogP contribution in [0.3, 0.4) is 0 Å². The van der Waals surface area contributed by atoms with Gasteiger partial charge in [0.1, 0.15) is 11.9 Å². The lowest BCUT2D eigenvalue weighted by Gasteiger charge is -2.27. The number of para-hydroxylation sites is 2. The van der Waals surface area contributed by atoms with Crippen molar-refractivity contribution in [2.24, 2.45) is 0 Å². The van der Waals surface area contributed by atoms with Crippen LogP contribution in [-0.2, 0) is 0 Å². The van der Waals surface area contributed by atoms with E-state index in [-0.39, 0.29) is 16.6 Å². The maximum absolute atomic E-state index is 12.0. The first-order valence-electron chi connectivity index (χ1n) is 6.54. The predicted molar refractivity (Wildman–Crippen MR) is 97.7 cm³/mol. The van der Waals surface area contributed by atoms with Gasteiger partial charge in [-0.15, -0.1) is 0 Å². The average molecular weight is 409 g/mol. The molecular weight excluding hydrogens is 397 g/mol. The summed E-state index contributed by atoms with van der Waals surface area (Å²) in [5.41, 5.74) is 0.357. The SMILES string of the molecule is O=C(N[C@@H](NC(=S)Nc1ccccc1O)C(Cl)(Cl)Cl)c1ccco1. The summed E-state index contributed by atoms with van der Waals surface area (Å²) in [5.74, 6) is -0.545. The van der Waals surface area contributed by atoms with Gasteiger partial charge in [-0.1, -0.05) is 46.9 Å². The highest BCUT2D eigenvalue weighted by atomic mass is 35.6. The third kappa shape index (κ3) is 5.17. The Bertz CT molecular complexity index is 720. The second-order valence-electron chi connectivity index (χ2n) is 4.54. The Kier molecular flexibility index (Phi) is 6.17. The topological polar surface area (TPSA) is 86.5 Å². The number of phenolic OH excluding ortho intramolecular Hbond substituents is 1. The van der Waals surface area contributed by atoms with Gasteiger partial charge in [0.2, 0.25) is 3.79 Å². The second kappa shape index (κ2) is 7.94. The fourth-order valence-electron chi connectivity index (χ4n) is 1.68. The van der Waals surface area contributed by atoms with Crippen molar-refractivity contribution in [1.29, 1.82) is 0 Å². The smallest absolute Gasteiger partial charge is 0.288 e. The quantitative estimate of drug-likeness (QED) is 0.268. The van der Waals surface area contributed by atoms with E-state index in [0.29, 0.717) is 5.69 Å². The zero-order chi connectivity index (χ0) is 17.7. The van der Waals surface area contributed by atoms with Crippen LogP contribution in [-0.4, -0.2) is 26.1 Å². The fourth-order valence-corrected chi connectivity index (χ4v) is 2.23. The number of nitrogens with one attached hydrogen (secondary N) is 3. The summed E-state index contributed by atoms with van der Waals surface area (Å²) >= 11 is 22.7. The third-order valence-corrected chi connectivity index (χ3v) is 3.65. The highest BCUT2D eigenvalue weighted by Gasteiger charge is 2.35. The van der Waals surface area contributed by atoms with Crippen molar-refractivity contribution in [2.45, 2.75) is 9.96 Å². The first-order chi connectivity index (χ1) is 11.3. The van der Waals surface area contributed by atoms with Crippen molar-refractivity contribution in [3.63, 3.8) is 0 Å². The van der Waals surface area contributed by atoms with Crippen LogP contribution in [0, 0.1) is 0 Å².